The summed E-state index contributed by atoms with van der Waals surface area (Å²) in [4.78, 5) is 34.9. The van der Waals surface area contributed by atoms with Gasteiger partial charge in [-0.2, -0.15) is 23.3 Å². The number of hydrogen-bond donors (Lipinski definition) is 0. The summed E-state index contributed by atoms with van der Waals surface area (Å²) in [5.74, 6) is 0.470. The van der Waals surface area contributed by atoms with Gasteiger partial charge in [-0.15, -0.1) is 11.8 Å². The third-order valence-corrected chi connectivity index (χ3v) is 10.5. The van der Waals surface area contributed by atoms with E-state index in [1.807, 2.05) is 24.8 Å². The first-order valence-electron chi connectivity index (χ1n) is 14.4. The number of carbonyl (C=O) groups is 1. The number of aromatic nitrogens is 4. The first-order valence-corrected chi connectivity index (χ1v) is 15.4. The number of para-hydroxylation sites is 1. The topological polar surface area (TPSA) is 85.5 Å². The molecule has 0 aliphatic carbocycles. The Morgan fingerprint density at radius 2 is 1.91 bits per heavy atom. The van der Waals surface area contributed by atoms with Crippen molar-refractivity contribution in [1.82, 2.24) is 24.2 Å². The smallest absolute Gasteiger partial charge is 0.380 e. The molecule has 2 saturated heterocycles. The van der Waals surface area contributed by atoms with Crippen molar-refractivity contribution in [2.24, 2.45) is 12.5 Å². The molecule has 13 heteroatoms. The average Bonchev–Trinajstić information content (AvgIpc) is 3.23. The van der Waals surface area contributed by atoms with Gasteiger partial charge in [-0.25, -0.2) is 4.79 Å². The number of piperazine rings is 1. The van der Waals surface area contributed by atoms with E-state index < -0.39 is 22.8 Å². The van der Waals surface area contributed by atoms with Crippen molar-refractivity contribution >= 4 is 45.3 Å². The van der Waals surface area contributed by atoms with Crippen LogP contribution in [0.3, 0.4) is 0 Å². The van der Waals surface area contributed by atoms with Crippen LogP contribution < -0.4 is 10.6 Å². The number of nitrogens with zero attached hydrogens (tertiary/aromatic N) is 6. The molecule has 3 aliphatic rings. The summed E-state index contributed by atoms with van der Waals surface area (Å²) in [7, 11) is 1.71. The molecule has 1 amide bonds. The molecule has 2 fully saturated rings. The van der Waals surface area contributed by atoms with E-state index in [0.29, 0.717) is 60.1 Å². The Labute approximate surface area is 255 Å². The second-order valence-corrected chi connectivity index (χ2v) is 13.2. The number of hydrogen-bond acceptors (Lipinski definition) is 7. The number of halogens is 3. The lowest BCUT2D eigenvalue weighted by Gasteiger charge is -2.44. The van der Waals surface area contributed by atoms with Gasteiger partial charge in [0.15, 0.2) is 0 Å². The third kappa shape index (κ3) is 4.34. The molecular formula is C31H31F3N6O3S. The summed E-state index contributed by atoms with van der Waals surface area (Å²) in [6.45, 7) is 9.07. The summed E-state index contributed by atoms with van der Waals surface area (Å²) in [6.07, 6.45) is -1.81. The molecule has 3 aliphatic heterocycles. The van der Waals surface area contributed by atoms with Crippen molar-refractivity contribution in [3.8, 4) is 11.1 Å². The summed E-state index contributed by atoms with van der Waals surface area (Å²) >= 11 is 1.35. The van der Waals surface area contributed by atoms with Gasteiger partial charge in [-0.1, -0.05) is 24.8 Å². The Bertz CT molecular complexity index is 1900. The van der Waals surface area contributed by atoms with Crippen molar-refractivity contribution in [3.63, 3.8) is 0 Å². The number of fused-ring (bicyclic) bond motifs is 1. The molecule has 9 nitrogen and oxygen atoms in total. The maximum Gasteiger partial charge on any atom is 0.417 e. The molecule has 4 aromatic rings. The number of ether oxygens (including phenoxy) is 1. The minimum Gasteiger partial charge on any atom is -0.380 e. The van der Waals surface area contributed by atoms with Gasteiger partial charge >= 0.3 is 11.9 Å². The van der Waals surface area contributed by atoms with E-state index in [4.69, 9.17) is 4.74 Å². The molecule has 7 rings (SSSR count). The molecule has 2 aromatic carbocycles. The molecule has 44 heavy (non-hydrogen) atoms. The van der Waals surface area contributed by atoms with E-state index in [1.54, 1.807) is 39.5 Å². The molecule has 0 radical (unpaired) electrons. The molecule has 2 unspecified atom stereocenters. The standard InChI is InChI=1S/C31H31F3N6O3S/c1-5-23(41)40-17(2)11-38(12-18(40)3)28-21-9-22(31(32,33)34)24(20-8-6-7-19-10-35-37(4)25(19)20)27-26(21)39(29(42)36-28)13-30(16-44-27)14-43-15-30/h5-10,17-18H,1,11-16H2,2-4H3. The van der Waals surface area contributed by atoms with Crippen LogP contribution in [0.1, 0.15) is 19.4 Å². The molecule has 5 heterocycles. The number of alkyl halides is 3. The monoisotopic (exact) mass is 624 g/mol. The van der Waals surface area contributed by atoms with Crippen molar-refractivity contribution in [3.05, 3.63) is 59.2 Å². The van der Waals surface area contributed by atoms with E-state index in [-0.39, 0.29) is 34.8 Å². The fourth-order valence-corrected chi connectivity index (χ4v) is 8.48. The Kier molecular flexibility index (Phi) is 6.63. The van der Waals surface area contributed by atoms with E-state index >= 15 is 13.2 Å². The van der Waals surface area contributed by atoms with Crippen LogP contribution in [0.4, 0.5) is 19.0 Å². The van der Waals surface area contributed by atoms with Crippen LogP contribution >= 0.6 is 11.8 Å². The minimum atomic E-state index is -4.71. The van der Waals surface area contributed by atoms with E-state index in [9.17, 15) is 9.59 Å². The highest BCUT2D eigenvalue weighted by atomic mass is 32.2. The van der Waals surface area contributed by atoms with Crippen LogP contribution in [0.5, 0.6) is 0 Å². The van der Waals surface area contributed by atoms with Crippen LogP contribution in [0.25, 0.3) is 32.9 Å². The van der Waals surface area contributed by atoms with Gasteiger partial charge in [-0.3, -0.25) is 14.0 Å². The van der Waals surface area contributed by atoms with Crippen LogP contribution in [0.15, 0.2) is 52.8 Å². The quantitative estimate of drug-likeness (QED) is 0.306. The number of carbonyl (C=O) groups excluding carboxylic acids is 1. The molecular weight excluding hydrogens is 593 g/mol. The molecule has 230 valence electrons. The highest BCUT2D eigenvalue weighted by molar-refractivity contribution is 7.99. The van der Waals surface area contributed by atoms with Crippen molar-refractivity contribution < 1.29 is 22.7 Å². The second kappa shape index (κ2) is 10.1. The minimum absolute atomic E-state index is 0.0370. The molecule has 1 spiro atoms. The van der Waals surface area contributed by atoms with Gasteiger partial charge in [0.1, 0.15) is 5.82 Å². The van der Waals surface area contributed by atoms with Gasteiger partial charge in [0, 0.05) is 76.7 Å². The summed E-state index contributed by atoms with van der Waals surface area (Å²) in [5.41, 5.74) is -0.244. The lowest BCUT2D eigenvalue weighted by molar-refractivity contribution is -0.137. The van der Waals surface area contributed by atoms with Crippen molar-refractivity contribution in [1.29, 1.82) is 0 Å². The maximum absolute atomic E-state index is 15.2. The van der Waals surface area contributed by atoms with Gasteiger partial charge in [0.2, 0.25) is 5.91 Å². The lowest BCUT2D eigenvalue weighted by atomic mass is 9.88. The first kappa shape index (κ1) is 28.9. The lowest BCUT2D eigenvalue weighted by Crippen LogP contribution is -2.58. The van der Waals surface area contributed by atoms with E-state index in [0.717, 1.165) is 11.5 Å². The SMILES string of the molecule is C=CC(=O)N1C(C)CN(c2nc(=O)n3c4c(c(-c5cccc6cnn(C)c56)c(C(F)(F)F)cc24)SCC2(COC2)C3)CC1C. The highest BCUT2D eigenvalue weighted by Crippen LogP contribution is 2.51. The normalized spacial score (nSPS) is 21.5. The number of anilines is 1. The van der Waals surface area contributed by atoms with E-state index in [1.165, 1.54) is 17.8 Å². The van der Waals surface area contributed by atoms with Crippen LogP contribution in [-0.4, -0.2) is 74.3 Å². The summed E-state index contributed by atoms with van der Waals surface area (Å²) in [5, 5.41) is 5.30. The summed E-state index contributed by atoms with van der Waals surface area (Å²) < 4.78 is 54.3. The van der Waals surface area contributed by atoms with Gasteiger partial charge in [-0.05, 0) is 26.0 Å². The molecule has 2 atom stereocenters. The summed E-state index contributed by atoms with van der Waals surface area (Å²) in [6, 6.07) is 5.83. The predicted octanol–water partition coefficient (Wildman–Crippen LogP) is 4.70. The Balaban J connectivity index is 1.54. The molecule has 2 aromatic heterocycles. The number of rotatable bonds is 3. The number of aryl methyl sites for hydroxylation is 1. The van der Waals surface area contributed by atoms with Crippen molar-refractivity contribution in [2.45, 2.75) is 43.5 Å². The fourth-order valence-electron chi connectivity index (χ4n) is 7.05. The van der Waals surface area contributed by atoms with Crippen LogP contribution in [-0.2, 0) is 29.3 Å². The number of thioether (sulfide) groups is 1. The van der Waals surface area contributed by atoms with Crippen molar-refractivity contribution in [2.75, 3.05) is 37.0 Å². The predicted molar refractivity (Wildman–Crippen MR) is 163 cm³/mol. The zero-order valence-electron chi connectivity index (χ0n) is 24.5. The molecule has 0 saturated carbocycles. The Morgan fingerprint density at radius 1 is 1.18 bits per heavy atom. The third-order valence-electron chi connectivity index (χ3n) is 9.01. The fraction of sp³-hybridized carbons (Fsp3) is 0.419. The first-order chi connectivity index (χ1) is 20.9. The zero-order valence-corrected chi connectivity index (χ0v) is 25.3. The second-order valence-electron chi connectivity index (χ2n) is 12.2. The number of amides is 1. The zero-order chi connectivity index (χ0) is 31.1. The van der Waals surface area contributed by atoms with Gasteiger partial charge in [0.25, 0.3) is 0 Å². The van der Waals surface area contributed by atoms with E-state index in [2.05, 4.69) is 16.7 Å². The molecule has 0 N–H and O–H groups in total. The maximum atomic E-state index is 15.2. The Morgan fingerprint density at radius 3 is 2.55 bits per heavy atom. The van der Waals surface area contributed by atoms with Gasteiger partial charge < -0.3 is 14.5 Å². The van der Waals surface area contributed by atoms with Crippen LogP contribution in [0, 0.1) is 5.41 Å². The van der Waals surface area contributed by atoms with Crippen LogP contribution in [0.2, 0.25) is 0 Å². The highest BCUT2D eigenvalue weighted by Gasteiger charge is 2.45. The largest absolute Gasteiger partial charge is 0.417 e. The number of benzene rings is 2. The average molecular weight is 625 g/mol. The molecule has 0 bridgehead atoms. The van der Waals surface area contributed by atoms with Gasteiger partial charge in [0.05, 0.1) is 36.0 Å². The Hall–Kier alpha value is -3.84.